The predicted molar refractivity (Wildman–Crippen MR) is 274 cm³/mol. The van der Waals surface area contributed by atoms with E-state index in [9.17, 15) is 33.4 Å². The molecule has 8 atom stereocenters. The van der Waals surface area contributed by atoms with Gasteiger partial charge < -0.3 is 51.1 Å². The summed E-state index contributed by atoms with van der Waals surface area (Å²) >= 11 is 5.13. The first-order chi connectivity index (χ1) is 31.7. The minimum atomic E-state index is -2.42. The molecule has 0 aromatic carbocycles. The zero-order valence-electron chi connectivity index (χ0n) is 41.9. The summed E-state index contributed by atoms with van der Waals surface area (Å²) in [6, 6.07) is 4.21. The van der Waals surface area contributed by atoms with Crippen molar-refractivity contribution in [3.63, 3.8) is 0 Å². The summed E-state index contributed by atoms with van der Waals surface area (Å²) in [4.78, 5) is 52.2. The van der Waals surface area contributed by atoms with Gasteiger partial charge in [-0.15, -0.1) is 0 Å². The van der Waals surface area contributed by atoms with E-state index in [1.807, 2.05) is 47.6 Å². The number of aromatic nitrogens is 4. The Morgan fingerprint density at radius 2 is 1.26 bits per heavy atom. The molecule has 2 aromatic heterocycles. The molecule has 3 N–H and O–H groups in total. The maximum atomic E-state index is 12.6. The fourth-order valence-electron chi connectivity index (χ4n) is 5.89. The van der Waals surface area contributed by atoms with Crippen molar-refractivity contribution in [2.24, 2.45) is 0 Å². The number of H-pyrrole nitrogens is 2. The van der Waals surface area contributed by atoms with E-state index in [0.717, 1.165) is 12.8 Å². The van der Waals surface area contributed by atoms with E-state index in [0.29, 0.717) is 37.0 Å². The van der Waals surface area contributed by atoms with E-state index in [-0.39, 0.29) is 49.8 Å². The average molecular weight is 1110 g/mol. The topological polar surface area (TPSA) is 261 Å². The van der Waals surface area contributed by atoms with Crippen molar-refractivity contribution < 1.29 is 53.8 Å². The molecule has 394 valence electrons. The largest absolute Gasteiger partial charge is 2.00 e. The molecule has 2 saturated heterocycles. The maximum absolute atomic E-state index is 12.6. The summed E-state index contributed by atoms with van der Waals surface area (Å²) in [5.41, 5.74) is -1.43. The van der Waals surface area contributed by atoms with Crippen LogP contribution in [0, 0.1) is 50.4 Å². The van der Waals surface area contributed by atoms with Crippen LogP contribution in [0.5, 0.6) is 0 Å². The van der Waals surface area contributed by atoms with Gasteiger partial charge in [-0.05, 0) is 79.8 Å². The first kappa shape index (κ1) is 68.7. The third-order valence-electron chi connectivity index (χ3n) is 8.63. The monoisotopic (exact) mass is 1110 g/mol. The summed E-state index contributed by atoms with van der Waals surface area (Å²) < 4.78 is 57.3. The molecule has 2 aliphatic heterocycles. The molecule has 4 rings (SSSR count). The third kappa shape index (κ3) is 27.3. The number of nitrogens with zero attached hydrogens (tertiary/aromatic N) is 5. The predicted octanol–water partition coefficient (Wildman–Crippen LogP) is 8.68. The maximum Gasteiger partial charge on any atom is 2.00 e. The molecule has 2 aliphatic rings. The third-order valence-corrected chi connectivity index (χ3v) is 13.2. The fraction of sp³-hybridized carbons (Fsp3) is 0.636. The summed E-state index contributed by atoms with van der Waals surface area (Å²) in [7, 11) is -6.32. The van der Waals surface area contributed by atoms with Gasteiger partial charge in [-0.3, -0.25) is 28.7 Å². The van der Waals surface area contributed by atoms with Gasteiger partial charge in [-0.25, -0.2) is 14.3 Å². The number of aliphatic hydroxyl groups excluding tert-OH is 1. The van der Waals surface area contributed by atoms with Gasteiger partial charge in [0.25, 0.3) is 19.6 Å². The molecule has 2 aromatic rings. The SMILES string of the molecule is Cc1cn([C@@H]2O[C@H](/C=C/P(C)(C)=O)CC2O)c(=O)[nH]c1=O.Cc1cn([C@@H]2O[C@H](/C=C/P(C)(C)=O)CC2OP(OCCC#N)N(C(C)C)C(C)C)c(=O)[nH]c1=O.N#CCCOPCl.[CH2-]CC.[CH2-]CC.[Ni+2]. The van der Waals surface area contributed by atoms with Crippen molar-refractivity contribution in [2.75, 3.05) is 39.9 Å². The summed E-state index contributed by atoms with van der Waals surface area (Å²) in [5.74, 6) is 3.21. The van der Waals surface area contributed by atoms with Gasteiger partial charge in [0.15, 0.2) is 12.5 Å². The van der Waals surface area contributed by atoms with E-state index >= 15 is 0 Å². The second-order valence-electron chi connectivity index (χ2n) is 16.7. The number of rotatable bonds is 17. The Hall–Kier alpha value is -2.36. The molecule has 0 radical (unpaired) electrons. The van der Waals surface area contributed by atoms with Crippen LogP contribution in [-0.4, -0.2) is 105 Å². The second kappa shape index (κ2) is 35.7. The van der Waals surface area contributed by atoms with Gasteiger partial charge >= 0.3 is 27.9 Å². The summed E-state index contributed by atoms with van der Waals surface area (Å²) in [5, 5.41) is 26.9. The molecule has 0 spiro atoms. The normalized spacial score (nSPS) is 20.5. The molecule has 0 amide bonds. The van der Waals surface area contributed by atoms with Gasteiger partial charge in [0.1, 0.15) is 34.7 Å². The summed E-state index contributed by atoms with van der Waals surface area (Å²) in [6.07, 6.45) is 5.55. The van der Waals surface area contributed by atoms with Crippen LogP contribution in [0.4, 0.5) is 0 Å². The van der Waals surface area contributed by atoms with Gasteiger partial charge in [-0.2, -0.15) is 23.4 Å². The van der Waals surface area contributed by atoms with E-state index in [4.69, 9.17) is 40.3 Å². The van der Waals surface area contributed by atoms with Crippen LogP contribution in [0.15, 0.2) is 55.4 Å². The van der Waals surface area contributed by atoms with Crippen LogP contribution in [0.1, 0.15) is 104 Å². The van der Waals surface area contributed by atoms with Crippen LogP contribution < -0.4 is 22.5 Å². The number of aliphatic hydroxyl groups is 1. The molecule has 4 heterocycles. The van der Waals surface area contributed by atoms with Crippen LogP contribution in [0.2, 0.25) is 0 Å². The van der Waals surface area contributed by atoms with Crippen molar-refractivity contribution >= 4 is 42.2 Å². The van der Waals surface area contributed by atoms with Crippen molar-refractivity contribution in [1.29, 1.82) is 10.5 Å². The van der Waals surface area contributed by atoms with Crippen molar-refractivity contribution in [3.8, 4) is 12.1 Å². The minimum absolute atomic E-state index is 0. The molecular formula is C44H74ClN7NiO12P4. The summed E-state index contributed by atoms with van der Waals surface area (Å²) in [6.45, 7) is 29.6. The first-order valence-corrected chi connectivity index (χ1v) is 30.4. The Morgan fingerprint density at radius 1 is 0.855 bits per heavy atom. The Bertz CT molecular complexity index is 2270. The van der Waals surface area contributed by atoms with Gasteiger partial charge in [-0.1, -0.05) is 37.2 Å². The number of nitrogens with one attached hydrogen (secondary N) is 2. The number of nitriles is 2. The van der Waals surface area contributed by atoms with Crippen LogP contribution in [-0.2, 0) is 48.7 Å². The Morgan fingerprint density at radius 3 is 1.67 bits per heavy atom. The molecule has 69 heavy (non-hydrogen) atoms. The van der Waals surface area contributed by atoms with E-state index in [1.54, 1.807) is 64.3 Å². The average Bonchev–Trinajstić information content (AvgIpc) is 3.81. The molecular weight excluding hydrogens is 1040 g/mol. The van der Waals surface area contributed by atoms with Crippen LogP contribution >= 0.6 is 42.2 Å². The first-order valence-electron chi connectivity index (χ1n) is 22.0. The molecule has 0 aliphatic carbocycles. The van der Waals surface area contributed by atoms with E-state index in [2.05, 4.69) is 39.1 Å². The molecule has 19 nitrogen and oxygen atoms in total. The Kier molecular flexibility index (Phi) is 35.6. The molecule has 4 unspecified atom stereocenters. The van der Waals surface area contributed by atoms with Crippen LogP contribution in [0.3, 0.4) is 0 Å². The van der Waals surface area contributed by atoms with Crippen molar-refractivity contribution in [3.05, 3.63) is 103 Å². The zero-order valence-corrected chi connectivity index (χ0v) is 47.3. The number of ether oxygens (including phenoxy) is 2. The smallest absolute Gasteiger partial charge is 0.388 e. The Balaban J connectivity index is 0. The molecule has 0 saturated carbocycles. The van der Waals surface area contributed by atoms with Gasteiger partial charge in [0, 0.05) is 48.4 Å². The second-order valence-corrected chi connectivity index (χ2v) is 25.3. The number of halogens is 1. The molecule has 0 bridgehead atoms. The minimum Gasteiger partial charge on any atom is -0.388 e. The number of aromatic amines is 2. The molecule has 2 fully saturated rings. The Labute approximate surface area is 426 Å². The van der Waals surface area contributed by atoms with Gasteiger partial charge in [0.05, 0.1) is 50.4 Å². The fourth-order valence-corrected chi connectivity index (χ4v) is 9.24. The quantitative estimate of drug-likeness (QED) is 0.0579. The van der Waals surface area contributed by atoms with Gasteiger partial charge in [0.2, 0.25) is 0 Å². The van der Waals surface area contributed by atoms with E-state index < -0.39 is 82.2 Å². The number of aryl methyl sites for hydroxylation is 2. The van der Waals surface area contributed by atoms with E-state index in [1.165, 1.54) is 21.5 Å². The van der Waals surface area contributed by atoms with Crippen molar-refractivity contribution in [1.82, 2.24) is 23.8 Å². The number of hydrogen-bond acceptors (Lipinski definition) is 15. The van der Waals surface area contributed by atoms with Crippen LogP contribution in [0.25, 0.3) is 0 Å². The standard InChI is InChI=1S/C22H36N4O6P2.C13H19N2O5P.C3H5ClNOP.2C3H7.Ni/c1-15(2)26(16(3)4)33(30-11-8-10-23)32-19-13-18(9-12-34(6,7)29)31-21(19)25-14-17(5)20(27)24-22(25)28;1-8-7-15(13(18)14-11(8)17)12-10(16)6-9(20-12)4-5-21(2,3)19;4-7-6-3-1-2-5;2*1-3-2;/h9,12,14-16,18-19,21H,8,11,13H2,1-7H3,(H,24,27,28);4-5,7,9-10,12,16H,6H2,1-3H3,(H,14,17,18);7H,1,3H2;2*1,3H2,2H3;/q;;;2*-1;+2/b12-9+;5-4+;;;;/t18-,19?,21-,33?;9-,10?,12-;;;;/m11..../s1. The molecule has 25 heteroatoms. The zero-order chi connectivity index (χ0) is 52.4. The number of hydrogen-bond donors (Lipinski definition) is 3. The van der Waals surface area contributed by atoms with Crippen molar-refractivity contribution in [2.45, 2.75) is 143 Å².